The van der Waals surface area contributed by atoms with Crippen LogP contribution < -0.4 is 0 Å². The van der Waals surface area contributed by atoms with E-state index < -0.39 is 5.97 Å². The lowest BCUT2D eigenvalue weighted by molar-refractivity contribution is -0.136. The molecule has 0 radical (unpaired) electrons. The number of carboxylic acid groups (broad SMARTS) is 1. The van der Waals surface area contributed by atoms with Gasteiger partial charge < -0.3 is 25.5 Å². The van der Waals surface area contributed by atoms with Crippen molar-refractivity contribution >= 4 is 15.2 Å². The number of aryl methyl sites for hydroxylation is 3. The molecule has 5 N–H and O–H groups in total. The molecular weight excluding hydrogens is 523 g/mol. The van der Waals surface area contributed by atoms with Gasteiger partial charge in [0.05, 0.1) is 0 Å². The Balaban J connectivity index is 0.000000663. The van der Waals surface area contributed by atoms with E-state index in [4.69, 9.17) is 5.11 Å². The third-order valence-electron chi connectivity index (χ3n) is 6.59. The molecule has 7 heteroatoms. The molecule has 0 aromatic heterocycles. The third kappa shape index (κ3) is 8.24. The minimum atomic E-state index is -0.731. The maximum atomic E-state index is 11.1. The molecule has 4 aromatic rings. The van der Waals surface area contributed by atoms with Crippen molar-refractivity contribution < 1.29 is 30.3 Å². The Labute approximate surface area is 237 Å². The zero-order chi connectivity index (χ0) is 29.4. The summed E-state index contributed by atoms with van der Waals surface area (Å²) in [7, 11) is 2.34. The van der Waals surface area contributed by atoms with Crippen molar-refractivity contribution in [3.05, 3.63) is 117 Å². The van der Waals surface area contributed by atoms with Crippen LogP contribution in [0.2, 0.25) is 0 Å². The molecule has 0 fully saturated rings. The van der Waals surface area contributed by atoms with Crippen LogP contribution in [0, 0.1) is 20.8 Å². The third-order valence-corrected chi connectivity index (χ3v) is 6.87. The molecule has 4 aromatic carbocycles. The van der Waals surface area contributed by atoms with E-state index in [1.54, 1.807) is 12.1 Å². The quantitative estimate of drug-likeness (QED) is 0.156. The van der Waals surface area contributed by atoms with Gasteiger partial charge >= 0.3 is 5.97 Å². The second-order valence-corrected chi connectivity index (χ2v) is 10.7. The molecule has 6 nitrogen and oxygen atoms in total. The fourth-order valence-corrected chi connectivity index (χ4v) is 4.83. The van der Waals surface area contributed by atoms with Crippen molar-refractivity contribution in [3.8, 4) is 23.0 Å². The summed E-state index contributed by atoms with van der Waals surface area (Å²) in [4.78, 5) is 9.59. The SMILES string of the molecule is Cc1ccc(O)c(Cc2cccc(Cc3cc(C)cc(Cc4cc(C)ccc4O)c3O)c2O)c1.O=C(O)CCP. The van der Waals surface area contributed by atoms with E-state index in [1.165, 1.54) is 0 Å². The molecule has 0 heterocycles. The van der Waals surface area contributed by atoms with Gasteiger partial charge in [0.2, 0.25) is 0 Å². The van der Waals surface area contributed by atoms with Crippen LogP contribution in [0.5, 0.6) is 23.0 Å². The number of phenolic OH excluding ortho intramolecular Hbond substituents is 4. The van der Waals surface area contributed by atoms with Crippen LogP contribution in [0.3, 0.4) is 0 Å². The maximum Gasteiger partial charge on any atom is 0.303 e. The molecule has 0 aliphatic carbocycles. The molecule has 0 aliphatic rings. The average Bonchev–Trinajstić information content (AvgIpc) is 2.89. The highest BCUT2D eigenvalue weighted by Gasteiger charge is 2.16. The summed E-state index contributed by atoms with van der Waals surface area (Å²) in [5.74, 6) is 0.0217. The molecule has 1 unspecified atom stereocenters. The fraction of sp³-hybridized carbons (Fsp3) is 0.242. The molecule has 0 saturated heterocycles. The van der Waals surface area contributed by atoms with Crippen molar-refractivity contribution in [2.24, 2.45) is 0 Å². The topological polar surface area (TPSA) is 118 Å². The number of para-hydroxylation sites is 1. The Hall–Kier alpha value is -4.02. The first kappa shape index (κ1) is 30.5. The molecule has 0 bridgehead atoms. The minimum absolute atomic E-state index is 0.169. The Morgan fingerprint density at radius 3 is 1.43 bits per heavy atom. The van der Waals surface area contributed by atoms with Gasteiger partial charge in [-0.25, -0.2) is 0 Å². The number of hydrogen-bond acceptors (Lipinski definition) is 5. The number of carboxylic acids is 1. The fourth-order valence-electron chi connectivity index (χ4n) is 4.58. The molecule has 0 aliphatic heterocycles. The highest BCUT2D eigenvalue weighted by atomic mass is 31.0. The number of aliphatic carboxylic acids is 1. The lowest BCUT2D eigenvalue weighted by Gasteiger charge is -2.15. The average molecular weight is 561 g/mol. The van der Waals surface area contributed by atoms with Gasteiger partial charge in [0.1, 0.15) is 23.0 Å². The summed E-state index contributed by atoms with van der Waals surface area (Å²) in [6.45, 7) is 5.91. The highest BCUT2D eigenvalue weighted by Crippen LogP contribution is 2.34. The second-order valence-electron chi connectivity index (χ2n) is 10.1. The van der Waals surface area contributed by atoms with Gasteiger partial charge in [-0.3, -0.25) is 4.79 Å². The van der Waals surface area contributed by atoms with Gasteiger partial charge in [0, 0.05) is 25.7 Å². The Morgan fingerprint density at radius 2 is 1.00 bits per heavy atom. The Bertz CT molecular complexity index is 1500. The monoisotopic (exact) mass is 560 g/mol. The van der Waals surface area contributed by atoms with Gasteiger partial charge in [0.25, 0.3) is 0 Å². The maximum absolute atomic E-state index is 11.1. The molecule has 4 rings (SSSR count). The highest BCUT2D eigenvalue weighted by molar-refractivity contribution is 7.16. The summed E-state index contributed by atoms with van der Waals surface area (Å²) < 4.78 is 0. The van der Waals surface area contributed by atoms with E-state index >= 15 is 0 Å². The largest absolute Gasteiger partial charge is 0.508 e. The molecule has 210 valence electrons. The van der Waals surface area contributed by atoms with E-state index in [2.05, 4.69) is 9.24 Å². The van der Waals surface area contributed by atoms with E-state index in [0.717, 1.165) is 38.9 Å². The van der Waals surface area contributed by atoms with E-state index in [9.17, 15) is 25.2 Å². The molecule has 0 spiro atoms. The summed E-state index contributed by atoms with van der Waals surface area (Å²) >= 11 is 0. The Kier molecular flexibility index (Phi) is 10.6. The van der Waals surface area contributed by atoms with Crippen LogP contribution in [0.4, 0.5) is 0 Å². The molecule has 0 saturated carbocycles. The first-order chi connectivity index (χ1) is 19.0. The number of hydrogen-bond donors (Lipinski definition) is 5. The lowest BCUT2D eigenvalue weighted by Crippen LogP contribution is -1.99. The van der Waals surface area contributed by atoms with Gasteiger partial charge in [-0.05, 0) is 72.4 Å². The minimum Gasteiger partial charge on any atom is -0.508 e. The lowest BCUT2D eigenvalue weighted by atomic mass is 9.93. The Morgan fingerprint density at radius 1 is 0.600 bits per heavy atom. The molecule has 40 heavy (non-hydrogen) atoms. The zero-order valence-electron chi connectivity index (χ0n) is 23.1. The number of aromatic hydroxyl groups is 4. The van der Waals surface area contributed by atoms with Crippen LogP contribution in [0.25, 0.3) is 0 Å². The standard InChI is InChI=1S/C30H30O4.C3H7O2P/c1-18-7-9-27(31)23(11-18)15-21-5-4-6-22(29(21)33)16-25-13-20(3)14-26(30(25)34)17-24-12-19(2)8-10-28(24)32;4-3(5)1-2-6/h4-14,31-34H,15-17H2,1-3H3;1-2,6H2,(H,4,5). The van der Waals surface area contributed by atoms with Crippen molar-refractivity contribution in [3.63, 3.8) is 0 Å². The van der Waals surface area contributed by atoms with Crippen LogP contribution in [0.1, 0.15) is 56.5 Å². The zero-order valence-corrected chi connectivity index (χ0v) is 24.3. The summed E-state index contributed by atoms with van der Waals surface area (Å²) in [5, 5.41) is 50.4. The van der Waals surface area contributed by atoms with E-state index in [0.29, 0.717) is 36.6 Å². The number of benzene rings is 4. The van der Waals surface area contributed by atoms with Gasteiger partial charge in [-0.1, -0.05) is 71.3 Å². The first-order valence-corrected chi connectivity index (χ1v) is 13.9. The van der Waals surface area contributed by atoms with Crippen molar-refractivity contribution in [2.75, 3.05) is 6.16 Å². The van der Waals surface area contributed by atoms with Gasteiger partial charge in [0.15, 0.2) is 0 Å². The summed E-state index contributed by atoms with van der Waals surface area (Å²) in [6.07, 6.45) is 2.08. The smallest absolute Gasteiger partial charge is 0.303 e. The number of phenols is 4. The van der Waals surface area contributed by atoms with Gasteiger partial charge in [-0.2, -0.15) is 0 Å². The molecule has 0 amide bonds. The van der Waals surface area contributed by atoms with Crippen LogP contribution in [-0.2, 0) is 24.1 Å². The second kappa shape index (κ2) is 13.9. The van der Waals surface area contributed by atoms with Crippen LogP contribution in [-0.4, -0.2) is 37.7 Å². The first-order valence-electron chi connectivity index (χ1n) is 13.1. The van der Waals surface area contributed by atoms with Crippen LogP contribution in [0.15, 0.2) is 66.7 Å². The van der Waals surface area contributed by atoms with Crippen molar-refractivity contribution in [1.82, 2.24) is 0 Å². The van der Waals surface area contributed by atoms with Gasteiger partial charge in [-0.15, -0.1) is 9.24 Å². The predicted octanol–water partition coefficient (Wildman–Crippen LogP) is 6.54. The summed E-state index contributed by atoms with van der Waals surface area (Å²) in [6, 6.07) is 20.3. The molecule has 1 atom stereocenters. The van der Waals surface area contributed by atoms with Crippen molar-refractivity contribution in [1.29, 1.82) is 0 Å². The normalized spacial score (nSPS) is 10.6. The van der Waals surface area contributed by atoms with Crippen molar-refractivity contribution in [2.45, 2.75) is 46.5 Å². The summed E-state index contributed by atoms with van der Waals surface area (Å²) in [5.41, 5.74) is 7.47. The van der Waals surface area contributed by atoms with E-state index in [1.807, 2.05) is 75.4 Å². The van der Waals surface area contributed by atoms with E-state index in [-0.39, 0.29) is 29.4 Å². The molecular formula is C33H37O6P. The number of carbonyl (C=O) groups is 1. The van der Waals surface area contributed by atoms with Crippen LogP contribution >= 0.6 is 9.24 Å². The number of rotatable bonds is 8. The predicted molar refractivity (Wildman–Crippen MR) is 162 cm³/mol.